The van der Waals surface area contributed by atoms with Crippen LogP contribution in [0.25, 0.3) is 0 Å². The summed E-state index contributed by atoms with van der Waals surface area (Å²) in [7, 11) is 1.34. The first-order chi connectivity index (χ1) is 12.2. The van der Waals surface area contributed by atoms with Gasteiger partial charge in [0, 0.05) is 6.42 Å². The molecule has 25 heavy (non-hydrogen) atoms. The van der Waals surface area contributed by atoms with E-state index < -0.39 is 0 Å². The van der Waals surface area contributed by atoms with Crippen LogP contribution in [0.3, 0.4) is 0 Å². The Bertz CT molecular complexity index is 353. The molecule has 0 aliphatic rings. The second-order valence-electron chi connectivity index (χ2n) is 6.57. The van der Waals surface area contributed by atoms with Crippen molar-refractivity contribution in [3.05, 3.63) is 12.2 Å². The summed E-state index contributed by atoms with van der Waals surface area (Å²) in [5, 5.41) is 0.100. The molecule has 0 aromatic carbocycles. The minimum atomic E-state index is -0.331. The van der Waals surface area contributed by atoms with E-state index in [2.05, 4.69) is 23.8 Å². The Hall–Kier alpha value is -0.770. The van der Waals surface area contributed by atoms with Crippen molar-refractivity contribution in [2.45, 2.75) is 96.8 Å². The molecule has 0 aromatic heterocycles. The third-order valence-electron chi connectivity index (χ3n) is 4.22. The molecule has 0 fully saturated rings. The predicted octanol–water partition coefficient (Wildman–Crippen LogP) is 6.46. The first-order valence-corrected chi connectivity index (χ1v) is 11.1. The zero-order chi connectivity index (χ0) is 18.6. The van der Waals surface area contributed by atoms with Crippen LogP contribution in [0.1, 0.15) is 96.8 Å². The first-order valence-electron chi connectivity index (χ1n) is 10.1. The number of allylic oxidation sites excluding steroid dienone is 2. The predicted molar refractivity (Wildman–Crippen MR) is 109 cm³/mol. The number of carbonyl (C=O) groups is 2. The van der Waals surface area contributed by atoms with Crippen molar-refractivity contribution in [1.29, 1.82) is 0 Å². The summed E-state index contributed by atoms with van der Waals surface area (Å²) in [6.07, 6.45) is 21.6. The number of thioether (sulfide) groups is 1. The molecule has 0 radical (unpaired) electrons. The zero-order valence-electron chi connectivity index (χ0n) is 16.4. The molecule has 0 spiro atoms. The molecule has 0 rings (SSSR count). The second-order valence-corrected chi connectivity index (χ2v) is 7.60. The Morgan fingerprint density at radius 3 is 1.88 bits per heavy atom. The Kier molecular flexibility index (Phi) is 19.0. The highest BCUT2D eigenvalue weighted by molar-refractivity contribution is 8.14. The van der Waals surface area contributed by atoms with E-state index in [4.69, 9.17) is 0 Å². The fourth-order valence-electron chi connectivity index (χ4n) is 2.61. The molecule has 0 saturated carbocycles. The number of hydrogen-bond acceptors (Lipinski definition) is 4. The summed E-state index contributed by atoms with van der Waals surface area (Å²) < 4.78 is 4.51. The van der Waals surface area contributed by atoms with Crippen molar-refractivity contribution in [3.8, 4) is 0 Å². The molecule has 0 aliphatic carbocycles. The maximum absolute atomic E-state index is 11.5. The Morgan fingerprint density at radius 1 is 0.800 bits per heavy atom. The molecule has 4 heteroatoms. The van der Waals surface area contributed by atoms with Crippen molar-refractivity contribution >= 4 is 22.8 Å². The minimum Gasteiger partial charge on any atom is -0.468 e. The first kappa shape index (κ1) is 24.2. The van der Waals surface area contributed by atoms with Gasteiger partial charge in [0.05, 0.1) is 12.9 Å². The molecule has 0 N–H and O–H groups in total. The lowest BCUT2D eigenvalue weighted by Gasteiger charge is -2.01. The summed E-state index contributed by atoms with van der Waals surface area (Å²) in [6, 6.07) is 0. The fourth-order valence-corrected chi connectivity index (χ4v) is 3.30. The van der Waals surface area contributed by atoms with Crippen LogP contribution in [-0.2, 0) is 14.3 Å². The normalized spacial score (nSPS) is 11.1. The number of ether oxygens (including phenoxy) is 1. The standard InChI is InChI=1S/C21H38O3S/c1-3-4-5-6-7-8-9-10-11-12-13-14-15-16-17-18-21(23)25-19-20(22)24-2/h10-11H,3-9,12-19H2,1-2H3. The average Bonchev–Trinajstić information content (AvgIpc) is 2.62. The van der Waals surface area contributed by atoms with Crippen molar-refractivity contribution in [1.82, 2.24) is 0 Å². The maximum atomic E-state index is 11.5. The highest BCUT2D eigenvalue weighted by Crippen LogP contribution is 2.13. The summed E-state index contributed by atoms with van der Waals surface area (Å²) in [4.78, 5) is 22.5. The van der Waals surface area contributed by atoms with Crippen molar-refractivity contribution in [2.75, 3.05) is 12.9 Å². The number of unbranched alkanes of at least 4 members (excludes halogenated alkanes) is 11. The van der Waals surface area contributed by atoms with E-state index in [0.29, 0.717) is 6.42 Å². The van der Waals surface area contributed by atoms with Gasteiger partial charge < -0.3 is 4.74 Å². The van der Waals surface area contributed by atoms with Gasteiger partial charge in [-0.25, -0.2) is 0 Å². The Morgan fingerprint density at radius 2 is 1.32 bits per heavy atom. The minimum absolute atomic E-state index is 0.100. The van der Waals surface area contributed by atoms with Gasteiger partial charge in [0.1, 0.15) is 0 Å². The smallest absolute Gasteiger partial charge is 0.316 e. The maximum Gasteiger partial charge on any atom is 0.316 e. The van der Waals surface area contributed by atoms with E-state index in [1.165, 1.54) is 77.7 Å². The van der Waals surface area contributed by atoms with Crippen LogP contribution in [0.2, 0.25) is 0 Å². The molecule has 0 saturated heterocycles. The van der Waals surface area contributed by atoms with E-state index in [9.17, 15) is 9.59 Å². The molecule has 3 nitrogen and oxygen atoms in total. The number of rotatable bonds is 17. The molecular formula is C21H38O3S. The number of esters is 1. The molecule has 0 atom stereocenters. The Balaban J connectivity index is 3.24. The summed E-state index contributed by atoms with van der Waals surface area (Å²) in [5.74, 6) is -0.191. The lowest BCUT2D eigenvalue weighted by Crippen LogP contribution is -2.06. The zero-order valence-corrected chi connectivity index (χ0v) is 17.2. The van der Waals surface area contributed by atoms with E-state index in [1.807, 2.05) is 0 Å². The van der Waals surface area contributed by atoms with Gasteiger partial charge in [-0.05, 0) is 32.1 Å². The third-order valence-corrected chi connectivity index (χ3v) is 5.13. The summed E-state index contributed by atoms with van der Waals surface area (Å²) >= 11 is 1.07. The molecule has 0 heterocycles. The van der Waals surface area contributed by atoms with E-state index in [-0.39, 0.29) is 16.8 Å². The molecule has 0 aromatic rings. The molecule has 0 bridgehead atoms. The monoisotopic (exact) mass is 370 g/mol. The Labute approximate surface area is 159 Å². The van der Waals surface area contributed by atoms with Gasteiger partial charge in [-0.1, -0.05) is 82.2 Å². The van der Waals surface area contributed by atoms with Gasteiger partial charge >= 0.3 is 5.97 Å². The van der Waals surface area contributed by atoms with Crippen molar-refractivity contribution < 1.29 is 14.3 Å². The van der Waals surface area contributed by atoms with Gasteiger partial charge in [-0.3, -0.25) is 9.59 Å². The van der Waals surface area contributed by atoms with Crippen LogP contribution < -0.4 is 0 Å². The average molecular weight is 371 g/mol. The quantitative estimate of drug-likeness (QED) is 0.167. The van der Waals surface area contributed by atoms with Crippen LogP contribution in [0.5, 0.6) is 0 Å². The van der Waals surface area contributed by atoms with Gasteiger partial charge in [0.15, 0.2) is 5.12 Å². The number of hydrogen-bond donors (Lipinski definition) is 0. The van der Waals surface area contributed by atoms with Crippen LogP contribution in [0.15, 0.2) is 12.2 Å². The number of carbonyl (C=O) groups excluding carboxylic acids is 2. The van der Waals surface area contributed by atoms with Gasteiger partial charge in [0.25, 0.3) is 0 Å². The molecule has 0 amide bonds. The van der Waals surface area contributed by atoms with E-state index >= 15 is 0 Å². The molecule has 0 aliphatic heterocycles. The van der Waals surface area contributed by atoms with Crippen LogP contribution >= 0.6 is 11.8 Å². The van der Waals surface area contributed by atoms with Crippen LogP contribution in [0, 0.1) is 0 Å². The number of methoxy groups -OCH3 is 1. The van der Waals surface area contributed by atoms with E-state index in [0.717, 1.165) is 24.6 Å². The molecular weight excluding hydrogens is 332 g/mol. The summed E-state index contributed by atoms with van der Waals surface area (Å²) in [6.45, 7) is 2.26. The SMILES string of the molecule is CCCCCCCCC=CCCCCCCCC(=O)SCC(=O)OC. The fraction of sp³-hybridized carbons (Fsp3) is 0.810. The van der Waals surface area contributed by atoms with Crippen molar-refractivity contribution in [2.24, 2.45) is 0 Å². The lowest BCUT2D eigenvalue weighted by molar-refractivity contribution is -0.137. The topological polar surface area (TPSA) is 43.4 Å². The molecule has 0 unspecified atom stereocenters. The lowest BCUT2D eigenvalue weighted by atomic mass is 10.1. The van der Waals surface area contributed by atoms with Crippen LogP contribution in [-0.4, -0.2) is 23.9 Å². The highest BCUT2D eigenvalue weighted by Gasteiger charge is 2.06. The van der Waals surface area contributed by atoms with Crippen LogP contribution in [0.4, 0.5) is 0 Å². The van der Waals surface area contributed by atoms with Gasteiger partial charge in [-0.15, -0.1) is 0 Å². The summed E-state index contributed by atoms with van der Waals surface area (Å²) in [5.41, 5.74) is 0. The van der Waals surface area contributed by atoms with E-state index in [1.54, 1.807) is 0 Å². The van der Waals surface area contributed by atoms with Gasteiger partial charge in [0.2, 0.25) is 0 Å². The third kappa shape index (κ3) is 19.4. The highest BCUT2D eigenvalue weighted by atomic mass is 32.2. The van der Waals surface area contributed by atoms with Crippen molar-refractivity contribution in [3.63, 3.8) is 0 Å². The molecule has 146 valence electrons. The largest absolute Gasteiger partial charge is 0.468 e. The second kappa shape index (κ2) is 19.6. The van der Waals surface area contributed by atoms with Gasteiger partial charge in [-0.2, -0.15) is 0 Å².